The van der Waals surface area contributed by atoms with Gasteiger partial charge in [-0.1, -0.05) is 17.7 Å². The number of carbonyl (C=O) groups is 1. The lowest BCUT2D eigenvalue weighted by atomic mass is 9.99. The Bertz CT molecular complexity index is 640. The number of piperidine rings is 1. The number of imidazole rings is 1. The molecule has 0 aromatic carbocycles. The first-order chi connectivity index (χ1) is 9.70. The van der Waals surface area contributed by atoms with Gasteiger partial charge in [-0.05, 0) is 30.9 Å². The maximum Gasteiger partial charge on any atom is 0.274 e. The Morgan fingerprint density at radius 1 is 1.50 bits per heavy atom. The largest absolute Gasteiger partial charge is 0.396 e. The first-order valence-electron chi connectivity index (χ1n) is 6.73. The molecule has 1 amide bonds. The van der Waals surface area contributed by atoms with Crippen LogP contribution in [0.5, 0.6) is 0 Å². The standard InChI is InChI=1S/C14H16ClN3O2/c15-13-12(18-7-2-1-5-11(18)16-13)14(20)17-6-3-4-10(8-17)9-19/h1-2,5,7,10,19H,3-4,6,8-9H2. The highest BCUT2D eigenvalue weighted by atomic mass is 35.5. The third kappa shape index (κ3) is 2.27. The van der Waals surface area contributed by atoms with Gasteiger partial charge in [0, 0.05) is 25.9 Å². The van der Waals surface area contributed by atoms with Crippen LogP contribution in [0, 0.1) is 5.92 Å². The molecule has 6 heteroatoms. The number of halogens is 1. The van der Waals surface area contributed by atoms with E-state index < -0.39 is 0 Å². The number of aromatic nitrogens is 2. The first-order valence-corrected chi connectivity index (χ1v) is 7.11. The summed E-state index contributed by atoms with van der Waals surface area (Å²) >= 11 is 6.12. The van der Waals surface area contributed by atoms with E-state index in [9.17, 15) is 9.90 Å². The molecule has 1 aliphatic heterocycles. The van der Waals surface area contributed by atoms with Crippen molar-refractivity contribution in [3.8, 4) is 0 Å². The van der Waals surface area contributed by atoms with Crippen molar-refractivity contribution in [2.75, 3.05) is 19.7 Å². The Morgan fingerprint density at radius 2 is 2.35 bits per heavy atom. The highest BCUT2D eigenvalue weighted by Crippen LogP contribution is 2.23. The Balaban J connectivity index is 1.94. The summed E-state index contributed by atoms with van der Waals surface area (Å²) in [5.41, 5.74) is 1.07. The Hall–Kier alpha value is -1.59. The number of hydrogen-bond acceptors (Lipinski definition) is 3. The molecule has 5 nitrogen and oxygen atoms in total. The summed E-state index contributed by atoms with van der Waals surface area (Å²) < 4.78 is 1.72. The lowest BCUT2D eigenvalue weighted by molar-refractivity contribution is 0.0614. The third-order valence-electron chi connectivity index (χ3n) is 3.75. The molecule has 1 fully saturated rings. The van der Waals surface area contributed by atoms with Crippen LogP contribution in [0.4, 0.5) is 0 Å². The minimum atomic E-state index is -0.119. The summed E-state index contributed by atoms with van der Waals surface area (Å²) in [5, 5.41) is 9.49. The second-order valence-electron chi connectivity index (χ2n) is 5.12. The highest BCUT2D eigenvalue weighted by Gasteiger charge is 2.27. The molecule has 0 saturated carbocycles. The highest BCUT2D eigenvalue weighted by molar-refractivity contribution is 6.32. The zero-order chi connectivity index (χ0) is 14.1. The topological polar surface area (TPSA) is 57.8 Å². The van der Waals surface area contributed by atoms with Crippen molar-refractivity contribution < 1.29 is 9.90 Å². The number of hydrogen-bond donors (Lipinski definition) is 1. The molecule has 3 heterocycles. The zero-order valence-electron chi connectivity index (χ0n) is 11.0. The van der Waals surface area contributed by atoms with E-state index in [1.165, 1.54) is 0 Å². The van der Waals surface area contributed by atoms with E-state index >= 15 is 0 Å². The SMILES string of the molecule is O=C(c1c(Cl)nc2ccccn12)N1CCCC(CO)C1. The monoisotopic (exact) mass is 293 g/mol. The van der Waals surface area contributed by atoms with Crippen molar-refractivity contribution in [2.24, 2.45) is 5.92 Å². The molecule has 20 heavy (non-hydrogen) atoms. The zero-order valence-corrected chi connectivity index (χ0v) is 11.8. The molecule has 0 radical (unpaired) electrons. The molecule has 3 rings (SSSR count). The average molecular weight is 294 g/mol. The fourth-order valence-electron chi connectivity index (χ4n) is 2.71. The van der Waals surface area contributed by atoms with Crippen LogP contribution in [-0.2, 0) is 0 Å². The first kappa shape index (κ1) is 13.4. The summed E-state index contributed by atoms with van der Waals surface area (Å²) in [6.07, 6.45) is 3.65. The van der Waals surface area contributed by atoms with Crippen LogP contribution < -0.4 is 0 Å². The average Bonchev–Trinajstić information content (AvgIpc) is 2.82. The van der Waals surface area contributed by atoms with E-state index in [0.717, 1.165) is 12.8 Å². The molecule has 0 spiro atoms. The van der Waals surface area contributed by atoms with E-state index in [1.54, 1.807) is 15.5 Å². The van der Waals surface area contributed by atoms with Crippen LogP contribution in [0.3, 0.4) is 0 Å². The fourth-order valence-corrected chi connectivity index (χ4v) is 2.97. The number of pyridine rings is 1. The molecule has 1 unspecified atom stereocenters. The molecular formula is C14H16ClN3O2. The molecular weight excluding hydrogens is 278 g/mol. The third-order valence-corrected chi connectivity index (χ3v) is 4.02. The molecule has 106 valence electrons. The van der Waals surface area contributed by atoms with Gasteiger partial charge >= 0.3 is 0 Å². The molecule has 0 aliphatic carbocycles. The number of amides is 1. The maximum atomic E-state index is 12.7. The van der Waals surface area contributed by atoms with Crippen LogP contribution >= 0.6 is 11.6 Å². The van der Waals surface area contributed by atoms with E-state index in [0.29, 0.717) is 24.4 Å². The molecule has 0 bridgehead atoms. The van der Waals surface area contributed by atoms with E-state index in [-0.39, 0.29) is 23.6 Å². The Labute approximate surface area is 121 Å². The smallest absolute Gasteiger partial charge is 0.274 e. The van der Waals surface area contributed by atoms with Gasteiger partial charge in [0.05, 0.1) is 0 Å². The van der Waals surface area contributed by atoms with Gasteiger partial charge in [-0.3, -0.25) is 9.20 Å². The van der Waals surface area contributed by atoms with Gasteiger partial charge in [0.2, 0.25) is 0 Å². The van der Waals surface area contributed by atoms with Crippen molar-refractivity contribution in [1.29, 1.82) is 0 Å². The van der Waals surface area contributed by atoms with Crippen LogP contribution in [-0.4, -0.2) is 45.0 Å². The number of rotatable bonds is 2. The molecule has 1 atom stereocenters. The van der Waals surface area contributed by atoms with Crippen LogP contribution in [0.25, 0.3) is 5.65 Å². The predicted molar refractivity (Wildman–Crippen MR) is 75.9 cm³/mol. The predicted octanol–water partition coefficient (Wildman–Crippen LogP) is 1.83. The van der Waals surface area contributed by atoms with Gasteiger partial charge < -0.3 is 10.0 Å². The number of aliphatic hydroxyl groups excluding tert-OH is 1. The van der Waals surface area contributed by atoms with Crippen LogP contribution in [0.1, 0.15) is 23.3 Å². The van der Waals surface area contributed by atoms with Crippen molar-refractivity contribution in [1.82, 2.24) is 14.3 Å². The Kier molecular flexibility index (Phi) is 3.63. The molecule has 2 aromatic rings. The molecule has 2 aromatic heterocycles. The van der Waals surface area contributed by atoms with Gasteiger partial charge in [0.25, 0.3) is 5.91 Å². The van der Waals surface area contributed by atoms with Crippen molar-refractivity contribution >= 4 is 23.2 Å². The van der Waals surface area contributed by atoms with Crippen molar-refractivity contribution in [3.63, 3.8) is 0 Å². The minimum absolute atomic E-state index is 0.116. The minimum Gasteiger partial charge on any atom is -0.396 e. The van der Waals surface area contributed by atoms with Crippen LogP contribution in [0.2, 0.25) is 5.15 Å². The van der Waals surface area contributed by atoms with Gasteiger partial charge in [-0.15, -0.1) is 0 Å². The fraction of sp³-hybridized carbons (Fsp3) is 0.429. The normalized spacial score (nSPS) is 19.5. The molecule has 1 aliphatic rings. The lowest BCUT2D eigenvalue weighted by Gasteiger charge is -2.31. The van der Waals surface area contributed by atoms with Gasteiger partial charge in [0.15, 0.2) is 10.8 Å². The molecule has 1 saturated heterocycles. The molecule has 1 N–H and O–H groups in total. The van der Waals surface area contributed by atoms with E-state index in [4.69, 9.17) is 11.6 Å². The van der Waals surface area contributed by atoms with Gasteiger partial charge in [-0.25, -0.2) is 4.98 Å². The van der Waals surface area contributed by atoms with E-state index in [2.05, 4.69) is 4.98 Å². The lowest BCUT2D eigenvalue weighted by Crippen LogP contribution is -2.41. The summed E-state index contributed by atoms with van der Waals surface area (Å²) in [5.74, 6) is 0.0394. The summed E-state index contributed by atoms with van der Waals surface area (Å²) in [4.78, 5) is 18.6. The van der Waals surface area contributed by atoms with Crippen molar-refractivity contribution in [3.05, 3.63) is 35.2 Å². The van der Waals surface area contributed by atoms with Gasteiger partial charge in [-0.2, -0.15) is 0 Å². The van der Waals surface area contributed by atoms with E-state index in [1.807, 2.05) is 18.2 Å². The number of fused-ring (bicyclic) bond motifs is 1. The summed E-state index contributed by atoms with van der Waals surface area (Å²) in [6.45, 7) is 1.39. The van der Waals surface area contributed by atoms with Gasteiger partial charge in [0.1, 0.15) is 5.65 Å². The van der Waals surface area contributed by atoms with Crippen LogP contribution in [0.15, 0.2) is 24.4 Å². The van der Waals surface area contributed by atoms with Crippen molar-refractivity contribution in [2.45, 2.75) is 12.8 Å². The number of nitrogens with zero attached hydrogens (tertiary/aromatic N) is 3. The number of carbonyl (C=O) groups excluding carboxylic acids is 1. The number of likely N-dealkylation sites (tertiary alicyclic amines) is 1. The number of aliphatic hydroxyl groups is 1. The maximum absolute atomic E-state index is 12.7. The second kappa shape index (κ2) is 5.42. The second-order valence-corrected chi connectivity index (χ2v) is 5.48. The Morgan fingerprint density at radius 3 is 3.15 bits per heavy atom. The summed E-state index contributed by atoms with van der Waals surface area (Å²) in [6, 6.07) is 5.51. The quantitative estimate of drug-likeness (QED) is 0.919. The summed E-state index contributed by atoms with van der Waals surface area (Å²) in [7, 11) is 0.